The molecular formula is C15H23N3O2. The fourth-order valence-corrected chi connectivity index (χ4v) is 2.57. The van der Waals surface area contributed by atoms with Gasteiger partial charge in [-0.3, -0.25) is 4.79 Å². The maximum Gasteiger partial charge on any atom is 0.221 e. The Morgan fingerprint density at radius 3 is 3.00 bits per heavy atom. The predicted molar refractivity (Wildman–Crippen MR) is 80.0 cm³/mol. The number of ether oxygens (including phenoxy) is 1. The van der Waals surface area contributed by atoms with Gasteiger partial charge in [-0.05, 0) is 25.5 Å². The van der Waals surface area contributed by atoms with Crippen LogP contribution in [0, 0.1) is 0 Å². The SMILES string of the molecule is COc1ccccc1N1CCC(NC(=O)CC(C)N)C1. The van der Waals surface area contributed by atoms with E-state index >= 15 is 0 Å². The molecule has 2 rings (SSSR count). The number of nitrogens with two attached hydrogens (primary N) is 1. The summed E-state index contributed by atoms with van der Waals surface area (Å²) in [5.41, 5.74) is 6.72. The van der Waals surface area contributed by atoms with Crippen LogP contribution in [-0.2, 0) is 4.79 Å². The summed E-state index contributed by atoms with van der Waals surface area (Å²) in [5.74, 6) is 0.905. The number of carbonyl (C=O) groups is 1. The van der Waals surface area contributed by atoms with Crippen LogP contribution < -0.4 is 20.7 Å². The van der Waals surface area contributed by atoms with Crippen molar-refractivity contribution in [1.82, 2.24) is 5.32 Å². The topological polar surface area (TPSA) is 67.6 Å². The Bertz CT molecular complexity index is 462. The van der Waals surface area contributed by atoms with Gasteiger partial charge in [-0.1, -0.05) is 12.1 Å². The van der Waals surface area contributed by atoms with E-state index in [-0.39, 0.29) is 18.0 Å². The zero-order chi connectivity index (χ0) is 14.5. The van der Waals surface area contributed by atoms with Crippen molar-refractivity contribution < 1.29 is 9.53 Å². The van der Waals surface area contributed by atoms with Gasteiger partial charge < -0.3 is 20.7 Å². The van der Waals surface area contributed by atoms with Gasteiger partial charge in [0.1, 0.15) is 5.75 Å². The molecule has 0 radical (unpaired) electrons. The molecule has 1 aliphatic heterocycles. The van der Waals surface area contributed by atoms with Crippen molar-refractivity contribution >= 4 is 11.6 Å². The van der Waals surface area contributed by atoms with Crippen LogP contribution in [0.15, 0.2) is 24.3 Å². The molecular weight excluding hydrogens is 254 g/mol. The highest BCUT2D eigenvalue weighted by molar-refractivity contribution is 5.77. The standard InChI is InChI=1S/C15H23N3O2/c1-11(16)9-15(19)17-12-7-8-18(10-12)13-5-3-4-6-14(13)20-2/h3-6,11-12H,7-10,16H2,1-2H3,(H,17,19). The molecule has 0 aliphatic carbocycles. The molecule has 0 aromatic heterocycles. The van der Waals surface area contributed by atoms with Crippen LogP contribution in [0.2, 0.25) is 0 Å². The molecule has 0 spiro atoms. The fourth-order valence-electron chi connectivity index (χ4n) is 2.57. The van der Waals surface area contributed by atoms with Crippen LogP contribution in [0.3, 0.4) is 0 Å². The maximum atomic E-state index is 11.7. The Labute approximate surface area is 120 Å². The lowest BCUT2D eigenvalue weighted by Crippen LogP contribution is -2.39. The van der Waals surface area contributed by atoms with Crippen molar-refractivity contribution in [2.24, 2.45) is 5.73 Å². The smallest absolute Gasteiger partial charge is 0.221 e. The number of nitrogens with zero attached hydrogens (tertiary/aromatic N) is 1. The summed E-state index contributed by atoms with van der Waals surface area (Å²) in [6.07, 6.45) is 1.33. The number of para-hydroxylation sites is 2. The molecule has 1 aliphatic rings. The van der Waals surface area contributed by atoms with E-state index in [1.807, 2.05) is 31.2 Å². The first-order valence-electron chi connectivity index (χ1n) is 7.03. The van der Waals surface area contributed by atoms with Crippen LogP contribution in [0.5, 0.6) is 5.75 Å². The number of rotatable bonds is 5. The van der Waals surface area contributed by atoms with E-state index in [4.69, 9.17) is 10.5 Å². The molecule has 1 aromatic carbocycles. The van der Waals surface area contributed by atoms with E-state index in [1.54, 1.807) is 7.11 Å². The molecule has 1 saturated heterocycles. The van der Waals surface area contributed by atoms with Gasteiger partial charge >= 0.3 is 0 Å². The average Bonchev–Trinajstić information content (AvgIpc) is 2.85. The van der Waals surface area contributed by atoms with Crippen LogP contribution in [0.4, 0.5) is 5.69 Å². The second-order valence-electron chi connectivity index (χ2n) is 5.35. The molecule has 1 aromatic rings. The molecule has 1 fully saturated rings. The Kier molecular flexibility index (Phi) is 4.84. The molecule has 0 bridgehead atoms. The molecule has 110 valence electrons. The van der Waals surface area contributed by atoms with Gasteiger partial charge in [0, 0.05) is 31.6 Å². The summed E-state index contributed by atoms with van der Waals surface area (Å²) < 4.78 is 5.38. The third kappa shape index (κ3) is 3.63. The van der Waals surface area contributed by atoms with E-state index < -0.39 is 0 Å². The van der Waals surface area contributed by atoms with Gasteiger partial charge in [0.25, 0.3) is 0 Å². The summed E-state index contributed by atoms with van der Waals surface area (Å²) in [7, 11) is 1.68. The molecule has 20 heavy (non-hydrogen) atoms. The number of hydrogen-bond donors (Lipinski definition) is 2. The third-order valence-corrected chi connectivity index (χ3v) is 3.49. The molecule has 3 N–H and O–H groups in total. The minimum Gasteiger partial charge on any atom is -0.495 e. The zero-order valence-electron chi connectivity index (χ0n) is 12.1. The monoisotopic (exact) mass is 277 g/mol. The number of anilines is 1. The first-order valence-corrected chi connectivity index (χ1v) is 7.03. The van der Waals surface area contributed by atoms with Crippen molar-refractivity contribution in [2.75, 3.05) is 25.1 Å². The molecule has 1 amide bonds. The lowest BCUT2D eigenvalue weighted by Gasteiger charge is -2.21. The largest absolute Gasteiger partial charge is 0.495 e. The number of nitrogens with one attached hydrogen (secondary N) is 1. The highest BCUT2D eigenvalue weighted by Crippen LogP contribution is 2.30. The predicted octanol–water partition coefficient (Wildman–Crippen LogP) is 1.13. The van der Waals surface area contributed by atoms with Gasteiger partial charge in [0.15, 0.2) is 0 Å². The Morgan fingerprint density at radius 2 is 2.30 bits per heavy atom. The minimum atomic E-state index is -0.0956. The molecule has 2 unspecified atom stereocenters. The summed E-state index contributed by atoms with van der Waals surface area (Å²) in [6, 6.07) is 8.05. The van der Waals surface area contributed by atoms with Gasteiger partial charge in [0.2, 0.25) is 5.91 Å². The second-order valence-corrected chi connectivity index (χ2v) is 5.35. The van der Waals surface area contributed by atoms with Crippen LogP contribution in [0.1, 0.15) is 19.8 Å². The normalized spacial score (nSPS) is 19.8. The first-order chi connectivity index (χ1) is 9.60. The van der Waals surface area contributed by atoms with Gasteiger partial charge in [0.05, 0.1) is 12.8 Å². The molecule has 5 heteroatoms. The Morgan fingerprint density at radius 1 is 1.55 bits per heavy atom. The molecule has 5 nitrogen and oxygen atoms in total. The Hall–Kier alpha value is -1.75. The zero-order valence-corrected chi connectivity index (χ0v) is 12.1. The molecule has 1 heterocycles. The van der Waals surface area contributed by atoms with E-state index in [0.717, 1.165) is 30.9 Å². The van der Waals surface area contributed by atoms with Crippen LogP contribution >= 0.6 is 0 Å². The minimum absolute atomic E-state index is 0.0341. The van der Waals surface area contributed by atoms with E-state index in [1.165, 1.54) is 0 Å². The lowest BCUT2D eigenvalue weighted by molar-refractivity contribution is -0.121. The summed E-state index contributed by atoms with van der Waals surface area (Å²) in [5, 5.41) is 3.05. The van der Waals surface area contributed by atoms with Crippen molar-refractivity contribution in [1.29, 1.82) is 0 Å². The van der Waals surface area contributed by atoms with E-state index in [2.05, 4.69) is 10.2 Å². The number of carbonyl (C=O) groups excluding carboxylic acids is 1. The highest BCUT2D eigenvalue weighted by Gasteiger charge is 2.25. The lowest BCUT2D eigenvalue weighted by atomic mass is 10.2. The maximum absolute atomic E-state index is 11.7. The average molecular weight is 277 g/mol. The number of benzene rings is 1. The van der Waals surface area contributed by atoms with Crippen molar-refractivity contribution in [2.45, 2.75) is 31.8 Å². The van der Waals surface area contributed by atoms with Gasteiger partial charge in [-0.2, -0.15) is 0 Å². The van der Waals surface area contributed by atoms with Crippen molar-refractivity contribution in [3.05, 3.63) is 24.3 Å². The summed E-state index contributed by atoms with van der Waals surface area (Å²) >= 11 is 0. The highest BCUT2D eigenvalue weighted by atomic mass is 16.5. The Balaban J connectivity index is 1.93. The van der Waals surface area contributed by atoms with Crippen LogP contribution in [0.25, 0.3) is 0 Å². The van der Waals surface area contributed by atoms with Crippen molar-refractivity contribution in [3.8, 4) is 5.75 Å². The third-order valence-electron chi connectivity index (χ3n) is 3.49. The van der Waals surface area contributed by atoms with Crippen LogP contribution in [-0.4, -0.2) is 38.2 Å². The van der Waals surface area contributed by atoms with Gasteiger partial charge in [-0.15, -0.1) is 0 Å². The van der Waals surface area contributed by atoms with Gasteiger partial charge in [-0.25, -0.2) is 0 Å². The van der Waals surface area contributed by atoms with E-state index in [9.17, 15) is 4.79 Å². The fraction of sp³-hybridized carbons (Fsp3) is 0.533. The summed E-state index contributed by atoms with van der Waals surface area (Å²) in [6.45, 7) is 3.57. The molecule has 2 atom stereocenters. The summed E-state index contributed by atoms with van der Waals surface area (Å²) in [4.78, 5) is 14.0. The molecule has 0 saturated carbocycles. The quantitative estimate of drug-likeness (QED) is 0.846. The number of amides is 1. The van der Waals surface area contributed by atoms with E-state index in [0.29, 0.717) is 6.42 Å². The second kappa shape index (κ2) is 6.61. The van der Waals surface area contributed by atoms with Crippen molar-refractivity contribution in [3.63, 3.8) is 0 Å². The number of methoxy groups -OCH3 is 1. The number of hydrogen-bond acceptors (Lipinski definition) is 4. The first kappa shape index (κ1) is 14.7.